The number of thioether (sulfide) groups is 2. The van der Waals surface area contributed by atoms with E-state index < -0.39 is 0 Å². The van der Waals surface area contributed by atoms with Crippen LogP contribution >= 0.6 is 23.5 Å². The predicted molar refractivity (Wildman–Crippen MR) is 264 cm³/mol. The van der Waals surface area contributed by atoms with Crippen molar-refractivity contribution in [2.24, 2.45) is 33.7 Å². The summed E-state index contributed by atoms with van der Waals surface area (Å²) < 4.78 is 0. The summed E-state index contributed by atoms with van der Waals surface area (Å²) >= 11 is 3.60. The van der Waals surface area contributed by atoms with E-state index in [0.717, 1.165) is 69.1 Å². The highest BCUT2D eigenvalue weighted by molar-refractivity contribution is 8.15. The fourth-order valence-corrected chi connectivity index (χ4v) is 10.9. The van der Waals surface area contributed by atoms with E-state index in [0.29, 0.717) is 0 Å². The molecule has 2 atom stereocenters. The molecule has 8 rings (SSSR count). The minimum Gasteiger partial charge on any atom is -0.240 e. The Kier molecular flexibility index (Phi) is 13.8. The number of hydrogen-bond donors (Lipinski definition) is 0. The second kappa shape index (κ2) is 19.6. The zero-order valence-electron chi connectivity index (χ0n) is 36.6. The average molecular weight is 827 g/mol. The van der Waals surface area contributed by atoms with Crippen molar-refractivity contribution in [3.8, 4) is 22.3 Å². The van der Waals surface area contributed by atoms with Crippen LogP contribution in [0.1, 0.15) is 115 Å². The van der Waals surface area contributed by atoms with Crippen molar-refractivity contribution >= 4 is 55.8 Å². The lowest BCUT2D eigenvalue weighted by Gasteiger charge is -2.27. The number of rotatable bonds is 18. The molecule has 0 spiro atoms. The average Bonchev–Trinajstić information content (AvgIpc) is 3.27. The molecule has 0 radical (unpaired) electrons. The maximum absolute atomic E-state index is 5.55. The van der Waals surface area contributed by atoms with Crippen LogP contribution in [0, 0.1) is 23.7 Å². The van der Waals surface area contributed by atoms with Crippen LogP contribution in [0.25, 0.3) is 33.0 Å². The molecule has 4 heteroatoms. The molecule has 0 fully saturated rings. The molecular formula is C56H62N2S2. The lowest BCUT2D eigenvalue weighted by atomic mass is 9.91. The summed E-state index contributed by atoms with van der Waals surface area (Å²) in [4.78, 5) is 13.6. The summed E-state index contributed by atoms with van der Waals surface area (Å²) in [6, 6.07) is 45.0. The molecule has 2 aliphatic heterocycles. The van der Waals surface area contributed by atoms with Gasteiger partial charge in [-0.3, -0.25) is 0 Å². The van der Waals surface area contributed by atoms with Crippen molar-refractivity contribution in [1.82, 2.24) is 0 Å². The fourth-order valence-electron chi connectivity index (χ4n) is 8.79. The molecule has 0 saturated heterocycles. The third-order valence-electron chi connectivity index (χ3n) is 12.5. The molecule has 2 heterocycles. The van der Waals surface area contributed by atoms with Crippen LogP contribution in [0.15, 0.2) is 141 Å². The Morgan fingerprint density at radius 3 is 1.17 bits per heavy atom. The van der Waals surface area contributed by atoms with Gasteiger partial charge in [-0.15, -0.1) is 0 Å². The second-order valence-electron chi connectivity index (χ2n) is 18.4. The van der Waals surface area contributed by atoms with Crippen LogP contribution in [0.5, 0.6) is 0 Å². The van der Waals surface area contributed by atoms with Gasteiger partial charge in [0, 0.05) is 42.8 Å². The first-order valence-corrected chi connectivity index (χ1v) is 24.3. The number of nitrogens with zero attached hydrogens (tertiary/aromatic N) is 2. The zero-order valence-corrected chi connectivity index (χ0v) is 38.3. The largest absolute Gasteiger partial charge is 0.240 e. The van der Waals surface area contributed by atoms with E-state index in [4.69, 9.17) is 9.98 Å². The highest BCUT2D eigenvalue weighted by atomic mass is 32.2. The Labute approximate surface area is 368 Å². The minimum atomic E-state index is 0.746. The van der Waals surface area contributed by atoms with Gasteiger partial charge in [-0.05, 0) is 83.7 Å². The SMILES string of the molecule is CC(C)CCCC(C)CCc1ccc(-c2cc3c4c(c(-c5ccc(CCC(C)CCCC(C)C)cc5)cc5c4c2N=C(c2ccccc2)S5)N=C(c2ccccc2)S3)cc1. The van der Waals surface area contributed by atoms with Crippen LogP contribution in [0.2, 0.25) is 0 Å². The Balaban J connectivity index is 1.19. The van der Waals surface area contributed by atoms with Gasteiger partial charge in [0.05, 0.1) is 11.4 Å². The first-order valence-electron chi connectivity index (χ1n) is 22.7. The molecule has 2 unspecified atom stereocenters. The maximum Gasteiger partial charge on any atom is 0.109 e. The molecular weight excluding hydrogens is 765 g/mol. The van der Waals surface area contributed by atoms with Gasteiger partial charge in [-0.1, -0.05) is 213 Å². The van der Waals surface area contributed by atoms with Gasteiger partial charge in [-0.2, -0.15) is 0 Å². The van der Waals surface area contributed by atoms with Crippen LogP contribution in [0.4, 0.5) is 11.4 Å². The summed E-state index contributed by atoms with van der Waals surface area (Å²) in [5, 5.41) is 4.51. The van der Waals surface area contributed by atoms with Gasteiger partial charge in [0.1, 0.15) is 10.1 Å². The first kappa shape index (κ1) is 42.3. The molecule has 0 N–H and O–H groups in total. The monoisotopic (exact) mass is 826 g/mol. The molecule has 0 amide bonds. The molecule has 0 bridgehead atoms. The highest BCUT2D eigenvalue weighted by Gasteiger charge is 2.30. The lowest BCUT2D eigenvalue weighted by molar-refractivity contribution is 0.437. The zero-order chi connectivity index (χ0) is 41.6. The standard InChI is InChI=1S/C56H62N2S2/c1-37(2)15-13-17-39(5)23-25-41-27-31-43(32-28-41)47-35-49-52-51-50(60-55(57-53(47)51)45-19-9-7-10-20-45)36-48(54(52)58-56(59-49)46-21-11-8-12-22-46)44-33-29-42(30-34-44)26-24-40(6)18-14-16-38(3)4/h7-12,19-22,27-40H,13-18,23-26H2,1-6H3. The summed E-state index contributed by atoms with van der Waals surface area (Å²) in [6.07, 6.45) is 12.7. The van der Waals surface area contributed by atoms with Gasteiger partial charge in [0.15, 0.2) is 0 Å². The van der Waals surface area contributed by atoms with Crippen molar-refractivity contribution in [3.05, 3.63) is 144 Å². The molecule has 0 saturated carbocycles. The summed E-state index contributed by atoms with van der Waals surface area (Å²) in [5.41, 5.74) is 12.0. The van der Waals surface area contributed by atoms with Gasteiger partial charge < -0.3 is 0 Å². The van der Waals surface area contributed by atoms with Crippen LogP contribution in [-0.2, 0) is 12.8 Å². The summed E-state index contributed by atoms with van der Waals surface area (Å²) in [5.74, 6) is 3.07. The maximum atomic E-state index is 5.55. The highest BCUT2D eigenvalue weighted by Crippen LogP contribution is 2.57. The van der Waals surface area contributed by atoms with Gasteiger partial charge in [0.25, 0.3) is 0 Å². The van der Waals surface area contributed by atoms with E-state index in [1.807, 2.05) is 0 Å². The Morgan fingerprint density at radius 2 is 0.800 bits per heavy atom. The third kappa shape index (κ3) is 10.0. The number of aryl methyl sites for hydroxylation is 2. The Bertz CT molecular complexity index is 2270. The molecule has 6 aromatic carbocycles. The van der Waals surface area contributed by atoms with Gasteiger partial charge in [0.2, 0.25) is 0 Å². The quantitative estimate of drug-likeness (QED) is 0.0862. The molecule has 0 aliphatic carbocycles. The van der Waals surface area contributed by atoms with E-state index in [1.54, 1.807) is 23.5 Å². The smallest absolute Gasteiger partial charge is 0.109 e. The molecule has 60 heavy (non-hydrogen) atoms. The third-order valence-corrected chi connectivity index (χ3v) is 14.6. The second-order valence-corrected chi connectivity index (χ2v) is 20.5. The van der Waals surface area contributed by atoms with Crippen LogP contribution in [0.3, 0.4) is 0 Å². The van der Waals surface area contributed by atoms with Crippen LogP contribution < -0.4 is 0 Å². The van der Waals surface area contributed by atoms with E-state index in [1.165, 1.54) is 105 Å². The molecule has 6 aromatic rings. The fraction of sp³-hybridized carbons (Fsp3) is 0.357. The van der Waals surface area contributed by atoms with Crippen LogP contribution in [-0.4, -0.2) is 10.1 Å². The lowest BCUT2D eigenvalue weighted by Crippen LogP contribution is -2.05. The molecule has 308 valence electrons. The molecule has 0 aromatic heterocycles. The Morgan fingerprint density at radius 1 is 0.417 bits per heavy atom. The predicted octanol–water partition coefficient (Wildman–Crippen LogP) is 17.3. The van der Waals surface area contributed by atoms with Crippen molar-refractivity contribution in [2.45, 2.75) is 116 Å². The van der Waals surface area contributed by atoms with E-state index in [2.05, 4.69) is 163 Å². The van der Waals surface area contributed by atoms with E-state index in [-0.39, 0.29) is 0 Å². The summed E-state index contributed by atoms with van der Waals surface area (Å²) in [7, 11) is 0. The topological polar surface area (TPSA) is 24.7 Å². The molecule has 2 aliphatic rings. The minimum absolute atomic E-state index is 0.746. The van der Waals surface area contributed by atoms with E-state index in [9.17, 15) is 0 Å². The van der Waals surface area contributed by atoms with Gasteiger partial charge >= 0.3 is 0 Å². The Hall–Kier alpha value is -4.38. The van der Waals surface area contributed by atoms with Crippen molar-refractivity contribution in [3.63, 3.8) is 0 Å². The van der Waals surface area contributed by atoms with E-state index >= 15 is 0 Å². The first-order chi connectivity index (χ1) is 29.2. The number of aliphatic imine (C=N–C) groups is 2. The van der Waals surface area contributed by atoms with Crippen molar-refractivity contribution < 1.29 is 0 Å². The summed E-state index contributed by atoms with van der Waals surface area (Å²) in [6.45, 7) is 14.2. The number of benzene rings is 6. The van der Waals surface area contributed by atoms with Crippen molar-refractivity contribution in [1.29, 1.82) is 0 Å². The number of hydrogen-bond acceptors (Lipinski definition) is 4. The normalized spacial score (nSPS) is 14.4. The van der Waals surface area contributed by atoms with Gasteiger partial charge in [-0.25, -0.2) is 9.98 Å². The molecule has 2 nitrogen and oxygen atoms in total. The van der Waals surface area contributed by atoms with Crippen molar-refractivity contribution in [2.75, 3.05) is 0 Å².